The predicted octanol–water partition coefficient (Wildman–Crippen LogP) is 4.31. The van der Waals surface area contributed by atoms with Crippen LogP contribution in [0.2, 0.25) is 0 Å². The van der Waals surface area contributed by atoms with Gasteiger partial charge in [0, 0.05) is 17.0 Å². The van der Waals surface area contributed by atoms with Gasteiger partial charge >= 0.3 is 0 Å². The zero-order valence-corrected chi connectivity index (χ0v) is 14.1. The summed E-state index contributed by atoms with van der Waals surface area (Å²) in [7, 11) is 0. The average Bonchev–Trinajstić information content (AvgIpc) is 2.84. The van der Waals surface area contributed by atoms with Crippen LogP contribution in [0.4, 0.5) is 4.39 Å². The molecule has 0 saturated carbocycles. The zero-order valence-electron chi connectivity index (χ0n) is 12.5. The van der Waals surface area contributed by atoms with E-state index >= 15 is 0 Å². The quantitative estimate of drug-likeness (QED) is 0.529. The van der Waals surface area contributed by atoms with E-state index < -0.39 is 0 Å². The van der Waals surface area contributed by atoms with Crippen LogP contribution in [0.15, 0.2) is 34.2 Å². The maximum absolute atomic E-state index is 13.2. The summed E-state index contributed by atoms with van der Waals surface area (Å²) in [4.78, 5) is 19.2. The van der Waals surface area contributed by atoms with Crippen molar-refractivity contribution in [3.8, 4) is 11.1 Å². The topological polar surface area (TPSA) is 34.9 Å². The maximum Gasteiger partial charge on any atom is 0.263 e. The Balaban J connectivity index is 2.38. The summed E-state index contributed by atoms with van der Waals surface area (Å²) >= 11 is 2.98. The molecule has 0 saturated heterocycles. The third-order valence-electron chi connectivity index (χ3n) is 3.58. The molecule has 0 atom stereocenters. The first-order chi connectivity index (χ1) is 10.6. The van der Waals surface area contributed by atoms with Crippen molar-refractivity contribution >= 4 is 33.3 Å². The van der Waals surface area contributed by atoms with Gasteiger partial charge in [0.15, 0.2) is 5.16 Å². The van der Waals surface area contributed by atoms with Crippen LogP contribution in [0.25, 0.3) is 21.3 Å². The molecule has 0 aliphatic carbocycles. The van der Waals surface area contributed by atoms with Gasteiger partial charge in [-0.1, -0.05) is 23.9 Å². The molecule has 0 N–H and O–H groups in total. The zero-order chi connectivity index (χ0) is 15.9. The minimum atomic E-state index is -0.283. The molecule has 22 heavy (non-hydrogen) atoms. The lowest BCUT2D eigenvalue weighted by Crippen LogP contribution is -2.22. The van der Waals surface area contributed by atoms with Crippen molar-refractivity contribution in [1.82, 2.24) is 9.55 Å². The Morgan fingerprint density at radius 2 is 2.00 bits per heavy atom. The van der Waals surface area contributed by atoms with Gasteiger partial charge in [0.25, 0.3) is 5.56 Å². The van der Waals surface area contributed by atoms with Crippen LogP contribution in [-0.4, -0.2) is 15.8 Å². The average molecular weight is 334 g/mol. The van der Waals surface area contributed by atoms with Crippen LogP contribution in [0.3, 0.4) is 0 Å². The van der Waals surface area contributed by atoms with Crippen LogP contribution >= 0.6 is 23.1 Å². The highest BCUT2D eigenvalue weighted by atomic mass is 32.2. The highest BCUT2D eigenvalue weighted by molar-refractivity contribution is 7.98. The van der Waals surface area contributed by atoms with Crippen molar-refractivity contribution < 1.29 is 4.39 Å². The molecule has 0 radical (unpaired) electrons. The number of hydrogen-bond donors (Lipinski definition) is 0. The molecule has 2 heterocycles. The van der Waals surface area contributed by atoms with Crippen LogP contribution in [0.5, 0.6) is 0 Å². The molecule has 0 spiro atoms. The summed E-state index contributed by atoms with van der Waals surface area (Å²) in [5.41, 5.74) is 1.69. The summed E-state index contributed by atoms with van der Waals surface area (Å²) in [6, 6.07) is 6.25. The fraction of sp³-hybridized carbons (Fsp3) is 0.250. The highest BCUT2D eigenvalue weighted by Crippen LogP contribution is 2.36. The molecule has 0 unspecified atom stereocenters. The van der Waals surface area contributed by atoms with E-state index in [2.05, 4.69) is 4.98 Å². The molecule has 6 heteroatoms. The molecule has 0 aliphatic heterocycles. The van der Waals surface area contributed by atoms with Crippen molar-refractivity contribution in [3.05, 3.63) is 45.3 Å². The second-order valence-corrected chi connectivity index (χ2v) is 6.84. The summed E-state index contributed by atoms with van der Waals surface area (Å²) in [6.07, 6.45) is 1.92. The van der Waals surface area contributed by atoms with E-state index in [1.54, 1.807) is 16.7 Å². The Morgan fingerprint density at radius 3 is 2.59 bits per heavy atom. The molecular weight excluding hydrogens is 319 g/mol. The van der Waals surface area contributed by atoms with Crippen molar-refractivity contribution in [1.29, 1.82) is 0 Å². The number of fused-ring (bicyclic) bond motifs is 1. The highest BCUT2D eigenvalue weighted by Gasteiger charge is 2.18. The van der Waals surface area contributed by atoms with E-state index in [-0.39, 0.29) is 11.4 Å². The smallest absolute Gasteiger partial charge is 0.263 e. The second kappa shape index (κ2) is 5.85. The fourth-order valence-electron chi connectivity index (χ4n) is 2.58. The van der Waals surface area contributed by atoms with Crippen LogP contribution < -0.4 is 5.56 Å². The summed E-state index contributed by atoms with van der Waals surface area (Å²) in [6.45, 7) is 4.49. The number of hydrogen-bond acceptors (Lipinski definition) is 4. The molecule has 1 aromatic carbocycles. The molecule has 0 fully saturated rings. The van der Waals surface area contributed by atoms with Gasteiger partial charge < -0.3 is 0 Å². The number of aromatic nitrogens is 2. The fourth-order valence-corrected chi connectivity index (χ4v) is 4.28. The van der Waals surface area contributed by atoms with Gasteiger partial charge in [-0.3, -0.25) is 9.36 Å². The Hall–Kier alpha value is -1.66. The first kappa shape index (κ1) is 15.2. The second-order valence-electron chi connectivity index (χ2n) is 4.87. The molecule has 0 aliphatic rings. The Kier molecular flexibility index (Phi) is 4.06. The van der Waals surface area contributed by atoms with Gasteiger partial charge in [-0.05, 0) is 37.8 Å². The monoisotopic (exact) mass is 334 g/mol. The number of rotatable bonds is 3. The Labute approximate surface area is 135 Å². The molecule has 3 rings (SSSR count). The number of aryl methyl sites for hydroxylation is 1. The lowest BCUT2D eigenvalue weighted by Gasteiger charge is -2.08. The van der Waals surface area contributed by atoms with E-state index in [1.807, 2.05) is 20.1 Å². The van der Waals surface area contributed by atoms with Crippen LogP contribution in [0.1, 0.15) is 11.8 Å². The van der Waals surface area contributed by atoms with Gasteiger partial charge in [0.05, 0.1) is 5.39 Å². The Morgan fingerprint density at radius 1 is 1.32 bits per heavy atom. The minimum absolute atomic E-state index is 0.0273. The molecule has 0 amide bonds. The van der Waals surface area contributed by atoms with E-state index in [0.717, 1.165) is 26.0 Å². The van der Waals surface area contributed by atoms with E-state index in [4.69, 9.17) is 0 Å². The van der Waals surface area contributed by atoms with Gasteiger partial charge in [-0.2, -0.15) is 0 Å². The van der Waals surface area contributed by atoms with E-state index in [1.165, 1.54) is 35.2 Å². The lowest BCUT2D eigenvalue weighted by molar-refractivity contribution is 0.628. The molecule has 3 aromatic rings. The van der Waals surface area contributed by atoms with Gasteiger partial charge in [0.2, 0.25) is 0 Å². The predicted molar refractivity (Wildman–Crippen MR) is 91.5 cm³/mol. The number of thioether (sulfide) groups is 1. The van der Waals surface area contributed by atoms with Crippen molar-refractivity contribution in [2.75, 3.05) is 6.26 Å². The van der Waals surface area contributed by atoms with Gasteiger partial charge in [-0.25, -0.2) is 9.37 Å². The normalized spacial score (nSPS) is 11.3. The molecule has 2 aromatic heterocycles. The minimum Gasteiger partial charge on any atom is -0.287 e. The summed E-state index contributed by atoms with van der Waals surface area (Å²) < 4.78 is 14.8. The Bertz CT molecular complexity index is 897. The standard InChI is InChI=1S/C16H15FN2OS2/c1-4-19-15(20)13-12(10-5-7-11(17)8-6-10)9(2)22-14(13)18-16(19)21-3/h5-8H,4H2,1-3H3. The van der Waals surface area contributed by atoms with Crippen molar-refractivity contribution in [2.24, 2.45) is 0 Å². The number of thiophene rings is 1. The number of benzene rings is 1. The van der Waals surface area contributed by atoms with E-state index in [0.29, 0.717) is 11.9 Å². The maximum atomic E-state index is 13.2. The summed E-state index contributed by atoms with van der Waals surface area (Å²) in [5.74, 6) is -0.283. The number of nitrogens with zero attached hydrogens (tertiary/aromatic N) is 2. The molecule has 0 bridgehead atoms. The third kappa shape index (κ3) is 2.36. The summed E-state index contributed by atoms with van der Waals surface area (Å²) in [5, 5.41) is 1.36. The van der Waals surface area contributed by atoms with Crippen LogP contribution in [0, 0.1) is 12.7 Å². The molecule has 3 nitrogen and oxygen atoms in total. The van der Waals surface area contributed by atoms with Crippen molar-refractivity contribution in [3.63, 3.8) is 0 Å². The largest absolute Gasteiger partial charge is 0.287 e. The SMILES string of the molecule is CCn1c(SC)nc2sc(C)c(-c3ccc(F)cc3)c2c1=O. The van der Waals surface area contributed by atoms with Crippen molar-refractivity contribution in [2.45, 2.75) is 25.5 Å². The van der Waals surface area contributed by atoms with Gasteiger partial charge in [0.1, 0.15) is 10.6 Å². The first-order valence-electron chi connectivity index (χ1n) is 6.90. The first-order valence-corrected chi connectivity index (χ1v) is 8.94. The molecular formula is C16H15FN2OS2. The third-order valence-corrected chi connectivity index (χ3v) is 5.26. The molecule has 114 valence electrons. The number of halogens is 1. The van der Waals surface area contributed by atoms with E-state index in [9.17, 15) is 9.18 Å². The van der Waals surface area contributed by atoms with Gasteiger partial charge in [-0.15, -0.1) is 11.3 Å². The van der Waals surface area contributed by atoms with Crippen LogP contribution in [-0.2, 0) is 6.54 Å². The lowest BCUT2D eigenvalue weighted by atomic mass is 10.0.